The minimum Gasteiger partial charge on any atom is -0.325 e. The van der Waals surface area contributed by atoms with E-state index in [0.29, 0.717) is 10.7 Å². The fourth-order valence-corrected chi connectivity index (χ4v) is 2.20. The van der Waals surface area contributed by atoms with E-state index in [-0.39, 0.29) is 23.5 Å². The summed E-state index contributed by atoms with van der Waals surface area (Å²) >= 11 is 11.5. The van der Waals surface area contributed by atoms with E-state index >= 15 is 0 Å². The Hall–Kier alpha value is -1.62. The van der Waals surface area contributed by atoms with Gasteiger partial charge in [0.15, 0.2) is 0 Å². The lowest BCUT2D eigenvalue weighted by Gasteiger charge is -2.14. The zero-order valence-corrected chi connectivity index (χ0v) is 13.4. The van der Waals surface area contributed by atoms with Crippen molar-refractivity contribution in [1.29, 1.82) is 0 Å². The highest BCUT2D eigenvalue weighted by Crippen LogP contribution is 2.19. The molecule has 3 nitrogen and oxygen atoms in total. The second kappa shape index (κ2) is 7.58. The molecule has 2 aromatic carbocycles. The first-order chi connectivity index (χ1) is 10.5. The minimum absolute atomic E-state index is 0.000164. The second-order valence-corrected chi connectivity index (χ2v) is 5.67. The van der Waals surface area contributed by atoms with E-state index in [4.69, 9.17) is 23.2 Å². The molecule has 22 heavy (non-hydrogen) atoms. The number of hydrogen-bond donors (Lipinski definition) is 2. The van der Waals surface area contributed by atoms with E-state index in [1.54, 1.807) is 12.1 Å². The average molecular weight is 341 g/mol. The molecule has 1 amide bonds. The highest BCUT2D eigenvalue weighted by atomic mass is 35.5. The first-order valence-electron chi connectivity index (χ1n) is 6.69. The van der Waals surface area contributed by atoms with Gasteiger partial charge in [0.1, 0.15) is 5.82 Å². The van der Waals surface area contributed by atoms with E-state index in [2.05, 4.69) is 10.6 Å². The van der Waals surface area contributed by atoms with Crippen LogP contribution in [0.1, 0.15) is 18.5 Å². The van der Waals surface area contributed by atoms with Gasteiger partial charge in [-0.15, -0.1) is 0 Å². The van der Waals surface area contributed by atoms with Gasteiger partial charge in [0.2, 0.25) is 5.91 Å². The molecule has 0 aliphatic carbocycles. The molecule has 2 rings (SSSR count). The van der Waals surface area contributed by atoms with E-state index in [1.807, 2.05) is 19.1 Å². The minimum atomic E-state index is -0.519. The highest BCUT2D eigenvalue weighted by Gasteiger charge is 2.09. The van der Waals surface area contributed by atoms with Crippen LogP contribution >= 0.6 is 23.2 Å². The molecule has 0 radical (unpaired) electrons. The third kappa shape index (κ3) is 4.70. The van der Waals surface area contributed by atoms with Crippen LogP contribution in [0.3, 0.4) is 0 Å². The summed E-state index contributed by atoms with van der Waals surface area (Å²) in [6.07, 6.45) is 0. The lowest BCUT2D eigenvalue weighted by atomic mass is 10.1. The summed E-state index contributed by atoms with van der Waals surface area (Å²) < 4.78 is 13.0. The summed E-state index contributed by atoms with van der Waals surface area (Å²) in [5.74, 6) is -0.752. The Bertz CT molecular complexity index is 662. The molecule has 0 aromatic heterocycles. The van der Waals surface area contributed by atoms with Crippen molar-refractivity contribution in [2.24, 2.45) is 0 Å². The molecule has 0 unspecified atom stereocenters. The monoisotopic (exact) mass is 340 g/mol. The van der Waals surface area contributed by atoms with Crippen LogP contribution in [0.25, 0.3) is 0 Å². The summed E-state index contributed by atoms with van der Waals surface area (Å²) in [5, 5.41) is 6.40. The van der Waals surface area contributed by atoms with E-state index in [1.165, 1.54) is 18.2 Å². The Morgan fingerprint density at radius 3 is 2.50 bits per heavy atom. The third-order valence-electron chi connectivity index (χ3n) is 3.14. The number of halogens is 3. The lowest BCUT2D eigenvalue weighted by Crippen LogP contribution is -2.30. The van der Waals surface area contributed by atoms with Crippen molar-refractivity contribution in [2.45, 2.75) is 13.0 Å². The van der Waals surface area contributed by atoms with E-state index in [0.717, 1.165) is 5.56 Å². The zero-order valence-electron chi connectivity index (χ0n) is 11.9. The van der Waals surface area contributed by atoms with Gasteiger partial charge >= 0.3 is 0 Å². The molecule has 0 saturated carbocycles. The van der Waals surface area contributed by atoms with Gasteiger partial charge in [-0.3, -0.25) is 4.79 Å². The quantitative estimate of drug-likeness (QED) is 0.845. The lowest BCUT2D eigenvalue weighted by molar-refractivity contribution is -0.115. The van der Waals surface area contributed by atoms with E-state index in [9.17, 15) is 9.18 Å². The fourth-order valence-electron chi connectivity index (χ4n) is 1.89. The van der Waals surface area contributed by atoms with Gasteiger partial charge in [0.05, 0.1) is 11.6 Å². The maximum Gasteiger partial charge on any atom is 0.238 e. The normalized spacial score (nSPS) is 12.0. The Kier molecular flexibility index (Phi) is 5.77. The number of benzene rings is 2. The molecule has 2 N–H and O–H groups in total. The van der Waals surface area contributed by atoms with Crippen molar-refractivity contribution in [3.05, 3.63) is 63.9 Å². The van der Waals surface area contributed by atoms with Crippen molar-refractivity contribution >= 4 is 34.8 Å². The van der Waals surface area contributed by atoms with Crippen molar-refractivity contribution in [2.75, 3.05) is 11.9 Å². The molecule has 6 heteroatoms. The molecule has 0 aliphatic heterocycles. The largest absolute Gasteiger partial charge is 0.325 e. The number of anilines is 1. The highest BCUT2D eigenvalue weighted by molar-refractivity contribution is 6.31. The summed E-state index contributed by atoms with van der Waals surface area (Å²) in [7, 11) is 0. The van der Waals surface area contributed by atoms with Crippen LogP contribution in [0.4, 0.5) is 10.1 Å². The molecule has 0 heterocycles. The van der Waals surface area contributed by atoms with Crippen molar-refractivity contribution in [3.63, 3.8) is 0 Å². The summed E-state index contributed by atoms with van der Waals surface area (Å²) in [6.45, 7) is 2.07. The van der Waals surface area contributed by atoms with Crippen LogP contribution in [0.5, 0.6) is 0 Å². The van der Waals surface area contributed by atoms with Gasteiger partial charge in [-0.25, -0.2) is 4.39 Å². The van der Waals surface area contributed by atoms with Crippen LogP contribution in [0.15, 0.2) is 42.5 Å². The maximum atomic E-state index is 13.0. The molecule has 116 valence electrons. The molecule has 2 aromatic rings. The Morgan fingerprint density at radius 1 is 1.18 bits per heavy atom. The van der Waals surface area contributed by atoms with Crippen LogP contribution in [0, 0.1) is 5.82 Å². The number of nitrogens with one attached hydrogen (secondary N) is 2. The molecule has 0 bridgehead atoms. The zero-order chi connectivity index (χ0) is 16.1. The summed E-state index contributed by atoms with van der Waals surface area (Å²) in [5.41, 5.74) is 1.49. The van der Waals surface area contributed by atoms with Crippen molar-refractivity contribution in [1.82, 2.24) is 5.32 Å². The summed E-state index contributed by atoms with van der Waals surface area (Å²) in [4.78, 5) is 11.9. The molecular weight excluding hydrogens is 326 g/mol. The molecule has 0 spiro atoms. The molecular formula is C16H15Cl2FN2O. The number of amides is 1. The molecule has 0 aliphatic rings. The van der Waals surface area contributed by atoms with Crippen LogP contribution in [-0.4, -0.2) is 12.5 Å². The Balaban J connectivity index is 1.86. The van der Waals surface area contributed by atoms with Gasteiger partial charge in [0.25, 0.3) is 0 Å². The number of rotatable bonds is 5. The van der Waals surface area contributed by atoms with Gasteiger partial charge in [0, 0.05) is 16.8 Å². The van der Waals surface area contributed by atoms with Gasteiger partial charge in [-0.2, -0.15) is 0 Å². The predicted octanol–water partition coefficient (Wildman–Crippen LogP) is 4.42. The number of carbonyl (C=O) groups excluding carboxylic acids is 1. The van der Waals surface area contributed by atoms with Crippen molar-refractivity contribution < 1.29 is 9.18 Å². The third-order valence-corrected chi connectivity index (χ3v) is 3.68. The second-order valence-electron chi connectivity index (χ2n) is 4.83. The van der Waals surface area contributed by atoms with Crippen molar-refractivity contribution in [3.8, 4) is 0 Å². The molecule has 1 atom stereocenters. The summed E-state index contributed by atoms with van der Waals surface area (Å²) in [6, 6.07) is 11.4. The van der Waals surface area contributed by atoms with E-state index < -0.39 is 5.82 Å². The standard InChI is InChI=1S/C16H15Cl2FN2O/c1-10(11-2-4-12(17)5-3-11)20-9-16(22)21-13-6-7-15(19)14(18)8-13/h2-8,10,20H,9H2,1H3,(H,21,22)/t10-/m0/s1. The maximum absolute atomic E-state index is 13.0. The predicted molar refractivity (Wildman–Crippen MR) is 87.9 cm³/mol. The topological polar surface area (TPSA) is 41.1 Å². The molecule has 0 fully saturated rings. The van der Waals surface area contributed by atoms with Crippen LogP contribution in [-0.2, 0) is 4.79 Å². The van der Waals surface area contributed by atoms with Gasteiger partial charge < -0.3 is 10.6 Å². The van der Waals surface area contributed by atoms with Crippen LogP contribution < -0.4 is 10.6 Å². The first-order valence-corrected chi connectivity index (χ1v) is 7.45. The van der Waals surface area contributed by atoms with Crippen LogP contribution in [0.2, 0.25) is 10.0 Å². The number of carbonyl (C=O) groups is 1. The van der Waals surface area contributed by atoms with Gasteiger partial charge in [-0.05, 0) is 42.8 Å². The van der Waals surface area contributed by atoms with Gasteiger partial charge in [-0.1, -0.05) is 35.3 Å². The fraction of sp³-hybridized carbons (Fsp3) is 0.188. The molecule has 0 saturated heterocycles. The SMILES string of the molecule is C[C@H](NCC(=O)Nc1ccc(F)c(Cl)c1)c1ccc(Cl)cc1. The Morgan fingerprint density at radius 2 is 1.86 bits per heavy atom. The first kappa shape index (κ1) is 16.7. The smallest absolute Gasteiger partial charge is 0.238 e. The Labute approximate surface area is 138 Å². The number of hydrogen-bond acceptors (Lipinski definition) is 2. The average Bonchev–Trinajstić information content (AvgIpc) is 2.49.